The topological polar surface area (TPSA) is 70.3 Å². The Hall–Kier alpha value is -4.00. The summed E-state index contributed by atoms with van der Waals surface area (Å²) in [6.07, 6.45) is 3.58. The number of hydrogen-bond donors (Lipinski definition) is 1. The molecule has 0 aliphatic rings. The minimum Gasteiger partial charge on any atom is -0.497 e. The molecule has 0 aliphatic heterocycles. The average molecular weight is 459 g/mol. The molecule has 34 heavy (non-hydrogen) atoms. The van der Waals surface area contributed by atoms with Gasteiger partial charge in [-0.2, -0.15) is 0 Å². The lowest BCUT2D eigenvalue weighted by atomic mass is 10.0. The van der Waals surface area contributed by atoms with E-state index in [9.17, 15) is 4.79 Å². The summed E-state index contributed by atoms with van der Waals surface area (Å²) < 4.78 is 14.9. The predicted octanol–water partition coefficient (Wildman–Crippen LogP) is 4.67. The van der Waals surface area contributed by atoms with Gasteiger partial charge in [0.25, 0.3) is 5.91 Å². The van der Waals surface area contributed by atoms with E-state index in [4.69, 9.17) is 9.47 Å². The van der Waals surface area contributed by atoms with Crippen LogP contribution in [-0.2, 0) is 7.05 Å². The van der Waals surface area contributed by atoms with Crippen molar-refractivity contribution in [2.45, 2.75) is 26.8 Å². The first-order chi connectivity index (χ1) is 16.3. The number of imidazole rings is 1. The number of rotatable bonds is 7. The Morgan fingerprint density at radius 1 is 1.00 bits per heavy atom. The van der Waals surface area contributed by atoms with E-state index in [0.29, 0.717) is 22.9 Å². The minimum atomic E-state index is -0.502. The highest BCUT2D eigenvalue weighted by atomic mass is 16.5. The normalized spacial score (nSPS) is 11.8. The Kier molecular flexibility index (Phi) is 6.45. The smallest absolute Gasteiger partial charge is 0.253 e. The van der Waals surface area contributed by atoms with Crippen LogP contribution in [0.2, 0.25) is 0 Å². The van der Waals surface area contributed by atoms with Crippen molar-refractivity contribution >= 4 is 5.91 Å². The summed E-state index contributed by atoms with van der Waals surface area (Å²) in [5, 5.41) is 3.20. The fourth-order valence-electron chi connectivity index (χ4n) is 4.33. The molecule has 7 nitrogen and oxygen atoms in total. The zero-order valence-corrected chi connectivity index (χ0v) is 20.4. The summed E-state index contributed by atoms with van der Waals surface area (Å²) >= 11 is 0. The maximum absolute atomic E-state index is 13.6. The van der Waals surface area contributed by atoms with Crippen molar-refractivity contribution in [3.8, 4) is 17.2 Å². The van der Waals surface area contributed by atoms with Crippen LogP contribution in [0, 0.1) is 20.8 Å². The van der Waals surface area contributed by atoms with E-state index in [1.165, 1.54) is 0 Å². The van der Waals surface area contributed by atoms with Crippen molar-refractivity contribution in [1.29, 1.82) is 0 Å². The standard InChI is InChI=1S/C27H30N4O3/c1-17-9-7-8-10-24(17)31-18(2)13-23(19(31)3)27(32)29-25(26-28-11-12-30(26)4)20-14-21(33-5)16-22(15-20)34-6/h7-16,25H,1-6H3,(H,29,32). The van der Waals surface area contributed by atoms with E-state index in [2.05, 4.69) is 33.9 Å². The molecule has 176 valence electrons. The zero-order valence-electron chi connectivity index (χ0n) is 20.4. The minimum absolute atomic E-state index is 0.178. The lowest BCUT2D eigenvalue weighted by Gasteiger charge is -2.21. The van der Waals surface area contributed by atoms with Gasteiger partial charge in [-0.15, -0.1) is 0 Å². The van der Waals surface area contributed by atoms with Gasteiger partial charge in [-0.1, -0.05) is 18.2 Å². The van der Waals surface area contributed by atoms with Crippen LogP contribution in [0.5, 0.6) is 11.5 Å². The summed E-state index contributed by atoms with van der Waals surface area (Å²) in [6, 6.07) is 15.2. The number of nitrogens with zero attached hydrogens (tertiary/aromatic N) is 3. The van der Waals surface area contributed by atoms with E-state index in [0.717, 1.165) is 28.2 Å². The molecule has 0 saturated carbocycles. The molecular formula is C27H30N4O3. The Morgan fingerprint density at radius 3 is 2.26 bits per heavy atom. The number of aryl methyl sites for hydroxylation is 3. The number of carbonyl (C=O) groups is 1. The number of methoxy groups -OCH3 is 2. The lowest BCUT2D eigenvalue weighted by Crippen LogP contribution is -2.31. The summed E-state index contributed by atoms with van der Waals surface area (Å²) in [5.41, 5.74) is 5.52. The van der Waals surface area contributed by atoms with E-state index < -0.39 is 6.04 Å². The van der Waals surface area contributed by atoms with Gasteiger partial charge in [-0.05, 0) is 56.2 Å². The van der Waals surface area contributed by atoms with Crippen LogP contribution in [-0.4, -0.2) is 34.2 Å². The third kappa shape index (κ3) is 4.29. The number of hydrogen-bond acceptors (Lipinski definition) is 4. The monoisotopic (exact) mass is 458 g/mol. The number of ether oxygens (including phenoxy) is 2. The second-order valence-corrected chi connectivity index (χ2v) is 8.36. The number of amides is 1. The molecule has 1 amide bonds. The fraction of sp³-hybridized carbons (Fsp3) is 0.259. The maximum Gasteiger partial charge on any atom is 0.253 e. The Bertz CT molecular complexity index is 1310. The number of aromatic nitrogens is 3. The van der Waals surface area contributed by atoms with E-state index >= 15 is 0 Å². The van der Waals surface area contributed by atoms with Crippen LogP contribution in [0.4, 0.5) is 0 Å². The van der Waals surface area contributed by atoms with Gasteiger partial charge in [0, 0.05) is 42.6 Å². The van der Waals surface area contributed by atoms with Crippen LogP contribution in [0.1, 0.15) is 44.7 Å². The highest BCUT2D eigenvalue weighted by Crippen LogP contribution is 2.30. The molecule has 0 aliphatic carbocycles. The zero-order chi connectivity index (χ0) is 24.4. The quantitative estimate of drug-likeness (QED) is 0.437. The Morgan fingerprint density at radius 2 is 1.68 bits per heavy atom. The van der Waals surface area contributed by atoms with Gasteiger partial charge in [0.2, 0.25) is 0 Å². The second kappa shape index (κ2) is 9.47. The van der Waals surface area contributed by atoms with Gasteiger partial charge >= 0.3 is 0 Å². The molecule has 0 spiro atoms. The van der Waals surface area contributed by atoms with Crippen molar-refractivity contribution in [2.24, 2.45) is 7.05 Å². The second-order valence-electron chi connectivity index (χ2n) is 8.36. The summed E-state index contributed by atoms with van der Waals surface area (Å²) in [7, 11) is 5.11. The predicted molar refractivity (Wildman–Crippen MR) is 132 cm³/mol. The molecule has 4 rings (SSSR count). The highest BCUT2D eigenvalue weighted by Gasteiger charge is 2.25. The van der Waals surface area contributed by atoms with Gasteiger partial charge in [0.15, 0.2) is 0 Å². The summed E-state index contributed by atoms with van der Waals surface area (Å²) in [5.74, 6) is 1.81. The first-order valence-corrected chi connectivity index (χ1v) is 11.1. The van der Waals surface area contributed by atoms with Gasteiger partial charge in [-0.3, -0.25) is 4.79 Å². The molecule has 2 heterocycles. The third-order valence-electron chi connectivity index (χ3n) is 6.13. The third-order valence-corrected chi connectivity index (χ3v) is 6.13. The number of carbonyl (C=O) groups excluding carboxylic acids is 1. The van der Waals surface area contributed by atoms with Crippen LogP contribution in [0.25, 0.3) is 5.69 Å². The SMILES string of the molecule is COc1cc(OC)cc(C(NC(=O)c2cc(C)n(-c3ccccc3C)c2C)c2nccn2C)c1. The van der Waals surface area contributed by atoms with Crippen LogP contribution < -0.4 is 14.8 Å². The molecule has 0 bridgehead atoms. The molecule has 7 heteroatoms. The lowest BCUT2D eigenvalue weighted by molar-refractivity contribution is 0.0940. The van der Waals surface area contributed by atoms with Gasteiger partial charge in [-0.25, -0.2) is 4.98 Å². The number of para-hydroxylation sites is 1. The first kappa shape index (κ1) is 23.2. The number of benzene rings is 2. The van der Waals surface area contributed by atoms with E-state index in [1.807, 2.05) is 62.0 Å². The van der Waals surface area contributed by atoms with Crippen molar-refractivity contribution in [3.05, 3.63) is 94.8 Å². The molecule has 0 radical (unpaired) electrons. The van der Waals surface area contributed by atoms with Crippen LogP contribution >= 0.6 is 0 Å². The molecule has 1 atom stereocenters. The van der Waals surface area contributed by atoms with Crippen molar-refractivity contribution in [3.63, 3.8) is 0 Å². The van der Waals surface area contributed by atoms with Crippen LogP contribution in [0.3, 0.4) is 0 Å². The number of nitrogens with one attached hydrogen (secondary N) is 1. The largest absolute Gasteiger partial charge is 0.497 e. The molecule has 0 saturated heterocycles. The summed E-state index contributed by atoms with van der Waals surface area (Å²) in [4.78, 5) is 18.1. The molecule has 1 N–H and O–H groups in total. The van der Waals surface area contributed by atoms with E-state index in [1.54, 1.807) is 26.5 Å². The first-order valence-electron chi connectivity index (χ1n) is 11.1. The Labute approximate surface area is 200 Å². The fourth-order valence-corrected chi connectivity index (χ4v) is 4.33. The molecule has 1 unspecified atom stereocenters. The van der Waals surface area contributed by atoms with E-state index in [-0.39, 0.29) is 5.91 Å². The highest BCUT2D eigenvalue weighted by molar-refractivity contribution is 5.96. The molecule has 2 aromatic carbocycles. The van der Waals surface area contributed by atoms with Crippen molar-refractivity contribution in [2.75, 3.05) is 14.2 Å². The average Bonchev–Trinajstić information content (AvgIpc) is 3.39. The molecular weight excluding hydrogens is 428 g/mol. The maximum atomic E-state index is 13.6. The van der Waals surface area contributed by atoms with Crippen molar-refractivity contribution < 1.29 is 14.3 Å². The molecule has 2 aromatic heterocycles. The summed E-state index contributed by atoms with van der Waals surface area (Å²) in [6.45, 7) is 6.05. The van der Waals surface area contributed by atoms with Crippen LogP contribution in [0.15, 0.2) is 60.9 Å². The van der Waals surface area contributed by atoms with Gasteiger partial charge < -0.3 is 23.9 Å². The Balaban J connectivity index is 1.76. The molecule has 0 fully saturated rings. The van der Waals surface area contributed by atoms with Crippen molar-refractivity contribution in [1.82, 2.24) is 19.4 Å². The van der Waals surface area contributed by atoms with Gasteiger partial charge in [0.05, 0.1) is 19.8 Å². The molecule has 4 aromatic rings. The van der Waals surface area contributed by atoms with Gasteiger partial charge in [0.1, 0.15) is 23.4 Å².